The Morgan fingerprint density at radius 3 is 2.51 bits per heavy atom. The average molecular weight is 491 g/mol. The largest absolute Gasteiger partial charge is 0.468 e. The van der Waals surface area contributed by atoms with E-state index in [9.17, 15) is 13.2 Å². The highest BCUT2D eigenvalue weighted by Gasteiger charge is 2.14. The fourth-order valence-electron chi connectivity index (χ4n) is 3.05. The number of aromatic nitrogens is 2. The molecule has 35 heavy (non-hydrogen) atoms. The topological polar surface area (TPSA) is 123 Å². The number of nitrogens with one attached hydrogen (secondary N) is 2. The second-order valence-electron chi connectivity index (χ2n) is 7.41. The lowest BCUT2D eigenvalue weighted by molar-refractivity contribution is -0.111. The third-order valence-electron chi connectivity index (χ3n) is 4.84. The molecule has 0 saturated carbocycles. The van der Waals surface area contributed by atoms with Gasteiger partial charge in [0, 0.05) is 24.2 Å². The Kier molecular flexibility index (Phi) is 7.34. The summed E-state index contributed by atoms with van der Waals surface area (Å²) in [5.74, 6) is 0.739. The minimum absolute atomic E-state index is 0.0592. The molecule has 0 aliphatic heterocycles. The summed E-state index contributed by atoms with van der Waals surface area (Å²) in [6, 6.07) is 16.7. The molecule has 2 aromatic carbocycles. The third-order valence-corrected chi connectivity index (χ3v) is 6.26. The van der Waals surface area contributed by atoms with Gasteiger partial charge in [0.15, 0.2) is 0 Å². The minimum atomic E-state index is -3.68. The molecule has 2 aromatic heterocycles. The molecule has 4 aromatic rings. The first-order chi connectivity index (χ1) is 16.9. The first kappa shape index (κ1) is 23.9. The smallest absolute Gasteiger partial charge is 0.321 e. The summed E-state index contributed by atoms with van der Waals surface area (Å²) in [7, 11) is -3.68. The molecule has 0 aliphatic carbocycles. The maximum absolute atomic E-state index is 12.4. The maximum atomic E-state index is 12.4. The summed E-state index contributed by atoms with van der Waals surface area (Å²) in [5, 5.41) is 2.81. The first-order valence-electron chi connectivity index (χ1n) is 10.6. The highest BCUT2D eigenvalue weighted by atomic mass is 32.2. The summed E-state index contributed by atoms with van der Waals surface area (Å²) in [5.41, 5.74) is 2.11. The summed E-state index contributed by atoms with van der Waals surface area (Å²) in [6.07, 6.45) is 7.62. The monoisotopic (exact) mass is 490 g/mol. The number of amides is 1. The number of sulfonamides is 1. The molecule has 1 amide bonds. The molecule has 0 bridgehead atoms. The van der Waals surface area contributed by atoms with Crippen LogP contribution in [0.2, 0.25) is 0 Å². The number of anilines is 1. The SMILES string of the molecule is Cc1cc(Oc2ncccn2)ccc1NC(=O)/C=C/c1ccc(S(=O)(=O)NCc2ccco2)cc1. The van der Waals surface area contributed by atoms with E-state index >= 15 is 0 Å². The lowest BCUT2D eigenvalue weighted by atomic mass is 10.2. The van der Waals surface area contributed by atoms with Crippen LogP contribution in [0.3, 0.4) is 0 Å². The van der Waals surface area contributed by atoms with Crippen molar-refractivity contribution in [2.45, 2.75) is 18.4 Å². The predicted molar refractivity (Wildman–Crippen MR) is 130 cm³/mol. The summed E-state index contributed by atoms with van der Waals surface area (Å²) in [4.78, 5) is 20.5. The maximum Gasteiger partial charge on any atom is 0.321 e. The number of benzene rings is 2. The van der Waals surface area contributed by atoms with Crippen LogP contribution in [0.5, 0.6) is 11.8 Å². The zero-order chi connectivity index (χ0) is 24.7. The van der Waals surface area contributed by atoms with Gasteiger partial charge in [-0.1, -0.05) is 12.1 Å². The molecule has 0 radical (unpaired) electrons. The van der Waals surface area contributed by atoms with Crippen LogP contribution in [0, 0.1) is 6.92 Å². The second kappa shape index (κ2) is 10.8. The van der Waals surface area contributed by atoms with E-state index in [1.54, 1.807) is 67.0 Å². The van der Waals surface area contributed by atoms with Gasteiger partial charge in [-0.25, -0.2) is 23.1 Å². The Morgan fingerprint density at radius 1 is 1.06 bits per heavy atom. The zero-order valence-corrected chi connectivity index (χ0v) is 19.5. The van der Waals surface area contributed by atoms with Crippen LogP contribution >= 0.6 is 0 Å². The quantitative estimate of drug-likeness (QED) is 0.335. The summed E-state index contributed by atoms with van der Waals surface area (Å²) in [6.45, 7) is 1.90. The van der Waals surface area contributed by atoms with Crippen LogP contribution in [-0.2, 0) is 21.4 Å². The number of hydrogen-bond donors (Lipinski definition) is 2. The van der Waals surface area contributed by atoms with Gasteiger partial charge in [0.1, 0.15) is 11.5 Å². The summed E-state index contributed by atoms with van der Waals surface area (Å²) >= 11 is 0. The molecular formula is C25H22N4O5S. The molecule has 2 heterocycles. The molecule has 178 valence electrons. The number of rotatable bonds is 9. The normalized spacial score (nSPS) is 11.5. The number of hydrogen-bond acceptors (Lipinski definition) is 7. The predicted octanol–water partition coefficient (Wildman–Crippen LogP) is 4.30. The van der Waals surface area contributed by atoms with Crippen LogP contribution in [0.1, 0.15) is 16.9 Å². The van der Waals surface area contributed by atoms with Crippen molar-refractivity contribution in [3.05, 3.63) is 102 Å². The molecule has 9 nitrogen and oxygen atoms in total. The van der Waals surface area contributed by atoms with Crippen molar-refractivity contribution in [3.8, 4) is 11.8 Å². The number of carbonyl (C=O) groups excluding carboxylic acids is 1. The average Bonchev–Trinajstić information content (AvgIpc) is 3.38. The standard InChI is InChI=1S/C25H22N4O5S/c1-18-16-20(34-25-26-13-3-14-27-25)8-11-23(18)29-24(30)12-7-19-5-9-22(10-6-19)35(31,32)28-17-21-4-2-15-33-21/h2-16,28H,17H2,1H3,(H,29,30)/b12-7+. The second-order valence-corrected chi connectivity index (χ2v) is 9.17. The van der Waals surface area contributed by atoms with Crippen LogP contribution in [0.15, 0.2) is 94.7 Å². The molecule has 2 N–H and O–H groups in total. The van der Waals surface area contributed by atoms with E-state index in [1.165, 1.54) is 24.5 Å². The van der Waals surface area contributed by atoms with Crippen LogP contribution in [0.25, 0.3) is 6.08 Å². The molecule has 0 unspecified atom stereocenters. The number of ether oxygens (including phenoxy) is 1. The van der Waals surface area contributed by atoms with Crippen LogP contribution in [0.4, 0.5) is 5.69 Å². The van der Waals surface area contributed by atoms with Gasteiger partial charge >= 0.3 is 6.01 Å². The fourth-order valence-corrected chi connectivity index (χ4v) is 4.04. The van der Waals surface area contributed by atoms with Gasteiger partial charge in [-0.3, -0.25) is 4.79 Å². The first-order valence-corrected chi connectivity index (χ1v) is 12.0. The molecule has 0 spiro atoms. The van der Waals surface area contributed by atoms with Gasteiger partial charge in [0.05, 0.1) is 17.7 Å². The highest BCUT2D eigenvalue weighted by Crippen LogP contribution is 2.24. The third kappa shape index (κ3) is 6.62. The highest BCUT2D eigenvalue weighted by molar-refractivity contribution is 7.89. The van der Waals surface area contributed by atoms with Gasteiger partial charge in [0.25, 0.3) is 0 Å². The van der Waals surface area contributed by atoms with Crippen molar-refractivity contribution in [2.75, 3.05) is 5.32 Å². The van der Waals surface area contributed by atoms with Gasteiger partial charge < -0.3 is 14.5 Å². The molecule has 0 fully saturated rings. The van der Waals surface area contributed by atoms with Crippen LogP contribution < -0.4 is 14.8 Å². The molecule has 0 atom stereocenters. The van der Waals surface area contributed by atoms with E-state index in [-0.39, 0.29) is 23.4 Å². The van der Waals surface area contributed by atoms with Crippen molar-refractivity contribution < 1.29 is 22.4 Å². The van der Waals surface area contributed by atoms with Crippen molar-refractivity contribution in [3.63, 3.8) is 0 Å². The van der Waals surface area contributed by atoms with E-state index in [0.717, 1.165) is 5.56 Å². The van der Waals surface area contributed by atoms with E-state index in [2.05, 4.69) is 20.0 Å². The molecule has 0 saturated heterocycles. The van der Waals surface area contributed by atoms with Crippen molar-refractivity contribution in [2.24, 2.45) is 0 Å². The Balaban J connectivity index is 1.33. The lowest BCUT2D eigenvalue weighted by Gasteiger charge is -2.09. The molecule has 0 aliphatic rings. The fraction of sp³-hybridized carbons (Fsp3) is 0.0800. The van der Waals surface area contributed by atoms with E-state index < -0.39 is 10.0 Å². The molecule has 10 heteroatoms. The minimum Gasteiger partial charge on any atom is -0.468 e. The van der Waals surface area contributed by atoms with E-state index in [1.807, 2.05) is 6.92 Å². The lowest BCUT2D eigenvalue weighted by Crippen LogP contribution is -2.22. The number of aryl methyl sites for hydroxylation is 1. The van der Waals surface area contributed by atoms with E-state index in [0.29, 0.717) is 22.8 Å². The molecule has 4 rings (SSSR count). The van der Waals surface area contributed by atoms with Crippen molar-refractivity contribution >= 4 is 27.7 Å². The van der Waals surface area contributed by atoms with Gasteiger partial charge in [-0.05, 0) is 72.7 Å². The summed E-state index contributed by atoms with van der Waals surface area (Å²) < 4.78 is 38.0. The van der Waals surface area contributed by atoms with Crippen molar-refractivity contribution in [1.29, 1.82) is 0 Å². The van der Waals surface area contributed by atoms with Gasteiger partial charge in [-0.15, -0.1) is 0 Å². The Labute approximate surface area is 202 Å². The van der Waals surface area contributed by atoms with Gasteiger partial charge in [0.2, 0.25) is 15.9 Å². The Hall–Kier alpha value is -4.28. The zero-order valence-electron chi connectivity index (χ0n) is 18.7. The van der Waals surface area contributed by atoms with E-state index in [4.69, 9.17) is 9.15 Å². The Morgan fingerprint density at radius 2 is 1.83 bits per heavy atom. The number of nitrogens with zero attached hydrogens (tertiary/aromatic N) is 2. The number of furan rings is 1. The van der Waals surface area contributed by atoms with Crippen molar-refractivity contribution in [1.82, 2.24) is 14.7 Å². The Bertz CT molecular complexity index is 1420. The molecular weight excluding hydrogens is 468 g/mol. The van der Waals surface area contributed by atoms with Crippen LogP contribution in [-0.4, -0.2) is 24.3 Å². The number of carbonyl (C=O) groups is 1. The van der Waals surface area contributed by atoms with Gasteiger partial charge in [-0.2, -0.15) is 0 Å².